The Bertz CT molecular complexity index is 1440. The highest BCUT2D eigenvalue weighted by Gasteiger charge is 2.39. The number of nitrogens with zero attached hydrogens (tertiary/aromatic N) is 3. The molecule has 0 aromatic heterocycles. The van der Waals surface area contributed by atoms with Crippen LogP contribution in [0.5, 0.6) is 5.75 Å². The van der Waals surface area contributed by atoms with Crippen LogP contribution in [0.1, 0.15) is 41.1 Å². The second-order valence-electron chi connectivity index (χ2n) is 9.31. The molecule has 0 saturated carbocycles. The third-order valence-electron chi connectivity index (χ3n) is 6.55. The fraction of sp³-hybridized carbons (Fsp3) is 0.241. The maximum atomic E-state index is 13.9. The van der Waals surface area contributed by atoms with Gasteiger partial charge in [-0.15, -0.1) is 0 Å². The van der Waals surface area contributed by atoms with Gasteiger partial charge in [0.15, 0.2) is 5.17 Å². The first-order chi connectivity index (χ1) is 18.3. The smallest absolute Gasteiger partial charge is 0.262 e. The van der Waals surface area contributed by atoms with Crippen molar-refractivity contribution in [2.45, 2.75) is 38.0 Å². The molecule has 0 radical (unpaired) electrons. The average molecular weight is 531 g/mol. The SMILES string of the molecule is COc1ccc([C@@H]2CC(c3ccc(C)cc3)=NN2C2=NC(=O)[C@@H](CC(=O)Nc3ccc(C)c(F)c3)S2)cc1. The van der Waals surface area contributed by atoms with Crippen molar-refractivity contribution in [1.29, 1.82) is 0 Å². The molecular formula is C29H27FN4O3S. The fourth-order valence-electron chi connectivity index (χ4n) is 4.35. The number of methoxy groups -OCH3 is 1. The Kier molecular flexibility index (Phi) is 7.28. The molecule has 0 unspecified atom stereocenters. The van der Waals surface area contributed by atoms with Gasteiger partial charge in [0, 0.05) is 18.5 Å². The molecule has 2 aliphatic heterocycles. The lowest BCUT2D eigenvalue weighted by molar-refractivity contribution is -0.121. The fourth-order valence-corrected chi connectivity index (χ4v) is 5.41. The topological polar surface area (TPSA) is 83.4 Å². The Balaban J connectivity index is 1.34. The van der Waals surface area contributed by atoms with Gasteiger partial charge in [0.2, 0.25) is 5.91 Å². The standard InChI is InChI=1S/C29H27FN4O3S/c1-17-4-7-19(8-5-17)24-15-25(20-9-12-22(37-3)13-10-20)34(33-24)29-32-28(36)26(38-29)16-27(35)31-21-11-6-18(2)23(30)14-21/h4-14,25-26H,15-16H2,1-3H3,(H,31,35)/t25-,26+/m0/s1. The van der Waals surface area contributed by atoms with Crippen molar-refractivity contribution in [2.75, 3.05) is 12.4 Å². The second-order valence-corrected chi connectivity index (χ2v) is 10.5. The Morgan fingerprint density at radius 2 is 1.84 bits per heavy atom. The molecule has 0 bridgehead atoms. The number of anilines is 1. The van der Waals surface area contributed by atoms with E-state index in [-0.39, 0.29) is 24.3 Å². The van der Waals surface area contributed by atoms with Crippen LogP contribution in [0.4, 0.5) is 10.1 Å². The number of hydrogen-bond donors (Lipinski definition) is 1. The van der Waals surface area contributed by atoms with Crippen molar-refractivity contribution in [2.24, 2.45) is 10.1 Å². The third-order valence-corrected chi connectivity index (χ3v) is 7.69. The molecular weight excluding hydrogens is 503 g/mol. The van der Waals surface area contributed by atoms with Crippen LogP contribution < -0.4 is 10.1 Å². The van der Waals surface area contributed by atoms with E-state index in [4.69, 9.17) is 9.84 Å². The van der Waals surface area contributed by atoms with E-state index in [1.54, 1.807) is 31.2 Å². The van der Waals surface area contributed by atoms with E-state index in [1.165, 1.54) is 17.8 Å². The van der Waals surface area contributed by atoms with Crippen LogP contribution >= 0.6 is 11.8 Å². The number of nitrogens with one attached hydrogen (secondary N) is 1. The van der Waals surface area contributed by atoms with Crippen molar-refractivity contribution in [1.82, 2.24) is 5.01 Å². The number of hydrazone groups is 1. The quantitative estimate of drug-likeness (QED) is 0.447. The monoisotopic (exact) mass is 530 g/mol. The second kappa shape index (κ2) is 10.8. The average Bonchev–Trinajstić information content (AvgIpc) is 3.50. The summed E-state index contributed by atoms with van der Waals surface area (Å²) in [6, 6.07) is 20.3. The molecule has 194 valence electrons. The number of ether oxygens (including phenoxy) is 1. The van der Waals surface area contributed by atoms with Crippen molar-refractivity contribution < 1.29 is 18.7 Å². The number of hydrogen-bond acceptors (Lipinski definition) is 6. The molecule has 0 fully saturated rings. The Labute approximate surface area is 224 Å². The largest absolute Gasteiger partial charge is 0.497 e. The van der Waals surface area contributed by atoms with Gasteiger partial charge < -0.3 is 10.1 Å². The molecule has 38 heavy (non-hydrogen) atoms. The lowest BCUT2D eigenvalue weighted by Crippen LogP contribution is -2.25. The molecule has 7 nitrogen and oxygen atoms in total. The summed E-state index contributed by atoms with van der Waals surface area (Å²) in [5.74, 6) is -0.420. The van der Waals surface area contributed by atoms with Crippen LogP contribution in [0, 0.1) is 19.7 Å². The maximum absolute atomic E-state index is 13.9. The van der Waals surface area contributed by atoms with Gasteiger partial charge >= 0.3 is 0 Å². The Morgan fingerprint density at radius 1 is 1.11 bits per heavy atom. The van der Waals surface area contributed by atoms with Crippen LogP contribution in [-0.4, -0.2) is 40.1 Å². The minimum atomic E-state index is -0.685. The van der Waals surface area contributed by atoms with Gasteiger partial charge in [-0.25, -0.2) is 9.40 Å². The van der Waals surface area contributed by atoms with E-state index in [2.05, 4.69) is 10.3 Å². The van der Waals surface area contributed by atoms with Crippen molar-refractivity contribution in [3.05, 3.63) is 94.8 Å². The number of rotatable bonds is 6. The summed E-state index contributed by atoms with van der Waals surface area (Å²) in [5, 5.41) is 9.10. The molecule has 2 heterocycles. The first-order valence-electron chi connectivity index (χ1n) is 12.2. The number of aryl methyl sites for hydroxylation is 2. The number of halogens is 1. The molecule has 1 N–H and O–H groups in total. The van der Waals surface area contributed by atoms with Crippen LogP contribution in [0.2, 0.25) is 0 Å². The van der Waals surface area contributed by atoms with E-state index in [0.29, 0.717) is 22.8 Å². The number of amidine groups is 1. The first kappa shape index (κ1) is 25.7. The van der Waals surface area contributed by atoms with E-state index in [1.807, 2.05) is 55.5 Å². The summed E-state index contributed by atoms with van der Waals surface area (Å²) in [5.41, 5.74) is 4.91. The van der Waals surface area contributed by atoms with Crippen molar-refractivity contribution >= 4 is 40.1 Å². The summed E-state index contributed by atoms with van der Waals surface area (Å²) in [7, 11) is 1.62. The van der Waals surface area contributed by atoms with Crippen LogP contribution in [-0.2, 0) is 9.59 Å². The number of carbonyl (C=O) groups is 2. The lowest BCUT2D eigenvalue weighted by atomic mass is 9.98. The minimum absolute atomic E-state index is 0.0818. The van der Waals surface area contributed by atoms with Gasteiger partial charge in [0.25, 0.3) is 5.91 Å². The van der Waals surface area contributed by atoms with Crippen molar-refractivity contribution in [3.63, 3.8) is 0 Å². The van der Waals surface area contributed by atoms with Gasteiger partial charge in [-0.2, -0.15) is 10.1 Å². The number of benzene rings is 3. The molecule has 5 rings (SSSR count). The molecule has 0 saturated heterocycles. The molecule has 0 spiro atoms. The molecule has 2 atom stereocenters. The predicted octanol–water partition coefficient (Wildman–Crippen LogP) is 5.63. The third kappa shape index (κ3) is 5.47. The van der Waals surface area contributed by atoms with E-state index in [0.717, 1.165) is 28.2 Å². The Morgan fingerprint density at radius 3 is 2.53 bits per heavy atom. The van der Waals surface area contributed by atoms with Gasteiger partial charge in [0.05, 0.1) is 18.9 Å². The summed E-state index contributed by atoms with van der Waals surface area (Å²) in [6.07, 6.45) is 0.550. The number of carbonyl (C=O) groups excluding carboxylic acids is 2. The van der Waals surface area contributed by atoms with Gasteiger partial charge in [-0.3, -0.25) is 9.59 Å². The molecule has 3 aromatic rings. The zero-order valence-corrected chi connectivity index (χ0v) is 22.1. The number of thioether (sulfide) groups is 1. The van der Waals surface area contributed by atoms with Crippen molar-refractivity contribution in [3.8, 4) is 5.75 Å². The summed E-state index contributed by atoms with van der Waals surface area (Å²) >= 11 is 1.23. The number of amides is 2. The normalized spacial score (nSPS) is 18.8. The van der Waals surface area contributed by atoms with Gasteiger partial charge in [-0.1, -0.05) is 59.8 Å². The molecule has 2 amide bonds. The highest BCUT2D eigenvalue weighted by atomic mass is 32.2. The van der Waals surface area contributed by atoms with E-state index >= 15 is 0 Å². The maximum Gasteiger partial charge on any atom is 0.262 e. The zero-order chi connectivity index (χ0) is 26.8. The number of aliphatic imine (C=N–C) groups is 1. The van der Waals surface area contributed by atoms with E-state index in [9.17, 15) is 14.0 Å². The summed E-state index contributed by atoms with van der Waals surface area (Å²) in [6.45, 7) is 3.69. The van der Waals surface area contributed by atoms with Gasteiger partial charge in [0.1, 0.15) is 16.8 Å². The molecule has 0 aliphatic carbocycles. The minimum Gasteiger partial charge on any atom is -0.497 e. The molecule has 9 heteroatoms. The Hall–Kier alpha value is -3.98. The lowest BCUT2D eigenvalue weighted by Gasteiger charge is -2.23. The van der Waals surface area contributed by atoms with Gasteiger partial charge in [-0.05, 0) is 54.8 Å². The summed E-state index contributed by atoms with van der Waals surface area (Å²) < 4.78 is 19.2. The highest BCUT2D eigenvalue weighted by molar-refractivity contribution is 8.15. The first-order valence-corrected chi connectivity index (χ1v) is 13.1. The summed E-state index contributed by atoms with van der Waals surface area (Å²) in [4.78, 5) is 29.7. The van der Waals surface area contributed by atoms with Crippen LogP contribution in [0.3, 0.4) is 0 Å². The van der Waals surface area contributed by atoms with Crippen LogP contribution in [0.15, 0.2) is 76.8 Å². The van der Waals surface area contributed by atoms with E-state index < -0.39 is 11.1 Å². The molecule has 2 aliphatic rings. The zero-order valence-electron chi connectivity index (χ0n) is 21.3. The highest BCUT2D eigenvalue weighted by Crippen LogP contribution is 2.39. The van der Waals surface area contributed by atoms with Crippen LogP contribution in [0.25, 0.3) is 0 Å². The molecule has 3 aromatic carbocycles. The predicted molar refractivity (Wildman–Crippen MR) is 148 cm³/mol.